The van der Waals surface area contributed by atoms with E-state index in [2.05, 4.69) is 9.72 Å². The monoisotopic (exact) mass is 331 g/mol. The van der Waals surface area contributed by atoms with Gasteiger partial charge in [0.25, 0.3) is 0 Å². The molecule has 0 unspecified atom stereocenters. The number of alkyl halides is 3. The Morgan fingerprint density at radius 2 is 2.00 bits per heavy atom. The first kappa shape index (κ1) is 16.1. The van der Waals surface area contributed by atoms with E-state index in [0.717, 1.165) is 6.07 Å². The number of carboxylic acids is 1. The van der Waals surface area contributed by atoms with Gasteiger partial charge in [-0.2, -0.15) is 0 Å². The van der Waals surface area contributed by atoms with Crippen molar-refractivity contribution in [1.29, 1.82) is 0 Å². The fraction of sp³-hybridized carbons (Fsp3) is 0.143. The van der Waals surface area contributed by atoms with Crippen LogP contribution in [0.1, 0.15) is 5.56 Å². The van der Waals surface area contributed by atoms with Crippen molar-refractivity contribution < 1.29 is 27.8 Å². The molecule has 0 amide bonds. The van der Waals surface area contributed by atoms with E-state index in [-0.39, 0.29) is 17.3 Å². The second kappa shape index (κ2) is 6.23. The molecule has 1 heterocycles. The van der Waals surface area contributed by atoms with Crippen LogP contribution in [0.4, 0.5) is 13.2 Å². The van der Waals surface area contributed by atoms with E-state index >= 15 is 0 Å². The lowest BCUT2D eigenvalue weighted by atomic mass is 10.1. The fourth-order valence-corrected chi connectivity index (χ4v) is 1.99. The summed E-state index contributed by atoms with van der Waals surface area (Å²) in [6.07, 6.45) is -5.07. The Bertz CT molecular complexity index is 704. The van der Waals surface area contributed by atoms with Crippen molar-refractivity contribution in [3.05, 3.63) is 47.1 Å². The quantitative estimate of drug-likeness (QED) is 0.862. The van der Waals surface area contributed by atoms with Gasteiger partial charge in [0.1, 0.15) is 10.9 Å². The van der Waals surface area contributed by atoms with Gasteiger partial charge in [0.05, 0.1) is 12.1 Å². The molecule has 0 bridgehead atoms. The highest BCUT2D eigenvalue weighted by atomic mass is 35.5. The predicted octanol–water partition coefficient (Wildman–Crippen LogP) is 3.93. The summed E-state index contributed by atoms with van der Waals surface area (Å²) >= 11 is 5.88. The number of pyridine rings is 1. The zero-order valence-electron chi connectivity index (χ0n) is 10.9. The first-order valence-corrected chi connectivity index (χ1v) is 6.36. The van der Waals surface area contributed by atoms with Crippen LogP contribution >= 0.6 is 11.6 Å². The Labute approximate surface area is 128 Å². The van der Waals surface area contributed by atoms with Crippen molar-refractivity contribution in [2.75, 3.05) is 0 Å². The maximum Gasteiger partial charge on any atom is 0.573 e. The molecule has 0 radical (unpaired) electrons. The molecule has 1 aromatic carbocycles. The minimum Gasteiger partial charge on any atom is -0.481 e. The summed E-state index contributed by atoms with van der Waals surface area (Å²) in [6.45, 7) is 0. The van der Waals surface area contributed by atoms with Gasteiger partial charge in [-0.05, 0) is 18.2 Å². The molecule has 1 aromatic heterocycles. The first-order valence-electron chi connectivity index (χ1n) is 5.98. The molecule has 116 valence electrons. The molecule has 0 spiro atoms. The van der Waals surface area contributed by atoms with Crippen LogP contribution in [0.5, 0.6) is 5.75 Å². The van der Waals surface area contributed by atoms with Gasteiger partial charge < -0.3 is 9.84 Å². The van der Waals surface area contributed by atoms with Crippen molar-refractivity contribution in [2.45, 2.75) is 12.8 Å². The average Bonchev–Trinajstić information content (AvgIpc) is 2.39. The van der Waals surface area contributed by atoms with Crippen molar-refractivity contribution in [3.8, 4) is 17.0 Å². The van der Waals surface area contributed by atoms with Crippen LogP contribution in [0.2, 0.25) is 5.15 Å². The third kappa shape index (κ3) is 4.36. The largest absolute Gasteiger partial charge is 0.573 e. The predicted molar refractivity (Wildman–Crippen MR) is 72.7 cm³/mol. The summed E-state index contributed by atoms with van der Waals surface area (Å²) < 4.78 is 40.4. The minimum atomic E-state index is -4.78. The number of hydrogen-bond donors (Lipinski definition) is 1. The molecule has 0 fully saturated rings. The van der Waals surface area contributed by atoms with E-state index in [0.29, 0.717) is 16.8 Å². The summed E-state index contributed by atoms with van der Waals surface area (Å²) in [5.41, 5.74) is 0.998. The van der Waals surface area contributed by atoms with E-state index in [9.17, 15) is 18.0 Å². The number of rotatable bonds is 4. The molecule has 4 nitrogen and oxygen atoms in total. The Hall–Kier alpha value is -2.28. The van der Waals surface area contributed by atoms with Crippen LogP contribution < -0.4 is 4.74 Å². The number of ether oxygens (including phenoxy) is 1. The molecule has 0 atom stereocenters. The molecule has 2 aromatic rings. The SMILES string of the molecule is O=C(O)Cc1ccc(-c2cccc(OC(F)(F)F)c2)nc1Cl. The lowest BCUT2D eigenvalue weighted by Crippen LogP contribution is -2.17. The van der Waals surface area contributed by atoms with Gasteiger partial charge in [-0.15, -0.1) is 13.2 Å². The molecule has 0 aliphatic rings. The number of halogens is 4. The van der Waals surface area contributed by atoms with Crippen LogP contribution in [-0.2, 0) is 11.2 Å². The highest BCUT2D eigenvalue weighted by Gasteiger charge is 2.31. The Balaban J connectivity index is 2.30. The van der Waals surface area contributed by atoms with E-state index < -0.39 is 12.3 Å². The van der Waals surface area contributed by atoms with E-state index in [1.807, 2.05) is 0 Å². The molecule has 1 N–H and O–H groups in total. The smallest absolute Gasteiger partial charge is 0.481 e. The Morgan fingerprint density at radius 3 is 2.59 bits per heavy atom. The first-order chi connectivity index (χ1) is 10.2. The highest BCUT2D eigenvalue weighted by Crippen LogP contribution is 2.28. The third-order valence-corrected chi connectivity index (χ3v) is 2.96. The zero-order chi connectivity index (χ0) is 16.3. The summed E-state index contributed by atoms with van der Waals surface area (Å²) in [5.74, 6) is -1.44. The second-order valence-electron chi connectivity index (χ2n) is 4.29. The van der Waals surface area contributed by atoms with Gasteiger partial charge in [-0.1, -0.05) is 29.8 Å². The van der Waals surface area contributed by atoms with Crippen LogP contribution in [0, 0.1) is 0 Å². The molecular weight excluding hydrogens is 323 g/mol. The van der Waals surface area contributed by atoms with Gasteiger partial charge in [0.15, 0.2) is 0 Å². The van der Waals surface area contributed by atoms with Gasteiger partial charge in [0, 0.05) is 11.1 Å². The van der Waals surface area contributed by atoms with Gasteiger partial charge in [-0.3, -0.25) is 4.79 Å². The highest BCUT2D eigenvalue weighted by molar-refractivity contribution is 6.30. The van der Waals surface area contributed by atoms with Gasteiger partial charge in [-0.25, -0.2) is 4.98 Å². The van der Waals surface area contributed by atoms with Crippen LogP contribution in [-0.4, -0.2) is 22.4 Å². The summed E-state index contributed by atoms with van der Waals surface area (Å²) in [7, 11) is 0. The fourth-order valence-electron chi connectivity index (χ4n) is 1.77. The van der Waals surface area contributed by atoms with Crippen molar-refractivity contribution in [1.82, 2.24) is 4.98 Å². The topological polar surface area (TPSA) is 59.4 Å². The standard InChI is InChI=1S/C14H9ClF3NO3/c15-13-9(7-12(20)21)4-5-11(19-13)8-2-1-3-10(6-8)22-14(16,17)18/h1-6H,7H2,(H,20,21). The van der Waals surface area contributed by atoms with Crippen LogP contribution in [0.15, 0.2) is 36.4 Å². The summed E-state index contributed by atoms with van der Waals surface area (Å²) in [5, 5.41) is 8.70. The molecule has 0 saturated carbocycles. The molecular formula is C14H9ClF3NO3. The number of hydrogen-bond acceptors (Lipinski definition) is 3. The number of benzene rings is 1. The normalized spacial score (nSPS) is 11.3. The molecule has 8 heteroatoms. The average molecular weight is 332 g/mol. The number of aliphatic carboxylic acids is 1. The van der Waals surface area contributed by atoms with Crippen molar-refractivity contribution in [3.63, 3.8) is 0 Å². The molecule has 0 aliphatic carbocycles. The Morgan fingerprint density at radius 1 is 1.27 bits per heavy atom. The van der Waals surface area contributed by atoms with Crippen molar-refractivity contribution in [2.24, 2.45) is 0 Å². The zero-order valence-corrected chi connectivity index (χ0v) is 11.6. The van der Waals surface area contributed by atoms with Crippen LogP contribution in [0.25, 0.3) is 11.3 Å². The van der Waals surface area contributed by atoms with Crippen LogP contribution in [0.3, 0.4) is 0 Å². The summed E-state index contributed by atoms with van der Waals surface area (Å²) in [4.78, 5) is 14.6. The minimum absolute atomic E-state index is 0.0120. The van der Waals surface area contributed by atoms with Crippen molar-refractivity contribution >= 4 is 17.6 Å². The van der Waals surface area contributed by atoms with E-state index in [1.165, 1.54) is 24.3 Å². The number of nitrogens with zero attached hydrogens (tertiary/aromatic N) is 1. The second-order valence-corrected chi connectivity index (χ2v) is 4.65. The maximum atomic E-state index is 12.2. The molecule has 2 rings (SSSR count). The van der Waals surface area contributed by atoms with E-state index in [4.69, 9.17) is 16.7 Å². The molecule has 22 heavy (non-hydrogen) atoms. The van der Waals surface area contributed by atoms with Gasteiger partial charge in [0.2, 0.25) is 0 Å². The molecule has 0 saturated heterocycles. The number of carbonyl (C=O) groups is 1. The van der Waals surface area contributed by atoms with E-state index in [1.54, 1.807) is 6.07 Å². The third-order valence-electron chi connectivity index (χ3n) is 2.63. The lowest BCUT2D eigenvalue weighted by Gasteiger charge is -2.10. The summed E-state index contributed by atoms with van der Waals surface area (Å²) in [6, 6.07) is 8.21. The Kier molecular flexibility index (Phi) is 4.56. The lowest BCUT2D eigenvalue weighted by molar-refractivity contribution is -0.274. The number of aromatic nitrogens is 1. The maximum absolute atomic E-state index is 12.2. The van der Waals surface area contributed by atoms with Gasteiger partial charge >= 0.3 is 12.3 Å². The molecule has 0 aliphatic heterocycles. The number of carboxylic acid groups (broad SMARTS) is 1.